The SMILES string of the molecule is C[C@@H]1CCCC[C@H]1N1C(=O)C(=O)N(CC(=O)Nc2ccccc2C(=O)Nc2ccc(F)cc2)C1=O. The molecule has 1 heterocycles. The maximum absolute atomic E-state index is 13.1. The summed E-state index contributed by atoms with van der Waals surface area (Å²) >= 11 is 0. The van der Waals surface area contributed by atoms with Crippen LogP contribution in [0.15, 0.2) is 48.5 Å². The molecule has 2 atom stereocenters. The number of hydrogen-bond donors (Lipinski definition) is 2. The summed E-state index contributed by atoms with van der Waals surface area (Å²) in [6.07, 6.45) is 3.34. The number of urea groups is 1. The molecular formula is C25H25FN4O5. The Balaban J connectivity index is 1.44. The monoisotopic (exact) mass is 480 g/mol. The molecule has 10 heteroatoms. The number of nitrogens with zero attached hydrogens (tertiary/aromatic N) is 2. The Hall–Kier alpha value is -4.08. The number of rotatable bonds is 6. The van der Waals surface area contributed by atoms with Crippen LogP contribution in [0.2, 0.25) is 0 Å². The van der Waals surface area contributed by atoms with Gasteiger partial charge in [-0.1, -0.05) is 31.9 Å². The van der Waals surface area contributed by atoms with Crippen molar-refractivity contribution in [1.29, 1.82) is 0 Å². The van der Waals surface area contributed by atoms with E-state index in [1.54, 1.807) is 12.1 Å². The van der Waals surface area contributed by atoms with Gasteiger partial charge in [0.2, 0.25) is 5.91 Å². The van der Waals surface area contributed by atoms with Crippen LogP contribution < -0.4 is 10.6 Å². The summed E-state index contributed by atoms with van der Waals surface area (Å²) in [7, 11) is 0. The lowest BCUT2D eigenvalue weighted by Gasteiger charge is -2.34. The predicted octanol–water partition coefficient (Wildman–Crippen LogP) is 3.39. The summed E-state index contributed by atoms with van der Waals surface area (Å²) in [4.78, 5) is 65.0. The van der Waals surface area contributed by atoms with Gasteiger partial charge in [-0.2, -0.15) is 0 Å². The molecule has 2 aromatic rings. The van der Waals surface area contributed by atoms with Crippen molar-refractivity contribution in [2.24, 2.45) is 5.92 Å². The molecule has 9 nitrogen and oxygen atoms in total. The second-order valence-corrected chi connectivity index (χ2v) is 8.73. The summed E-state index contributed by atoms with van der Waals surface area (Å²) in [6, 6.07) is 10.2. The van der Waals surface area contributed by atoms with Crippen LogP contribution in [0.1, 0.15) is 43.0 Å². The highest BCUT2D eigenvalue weighted by Crippen LogP contribution is 2.31. The predicted molar refractivity (Wildman–Crippen MR) is 125 cm³/mol. The van der Waals surface area contributed by atoms with Crippen LogP contribution in [0.25, 0.3) is 0 Å². The molecule has 0 radical (unpaired) electrons. The van der Waals surface area contributed by atoms with Gasteiger partial charge in [0.15, 0.2) is 0 Å². The van der Waals surface area contributed by atoms with Crippen molar-refractivity contribution in [3.63, 3.8) is 0 Å². The van der Waals surface area contributed by atoms with Gasteiger partial charge in [0, 0.05) is 11.7 Å². The minimum atomic E-state index is -1.04. The third kappa shape index (κ3) is 5.06. The fraction of sp³-hybridized carbons (Fsp3) is 0.320. The minimum absolute atomic E-state index is 0.0738. The number of nitrogens with one attached hydrogen (secondary N) is 2. The molecule has 6 amide bonds. The molecule has 4 rings (SSSR count). The Morgan fingerprint density at radius 3 is 2.34 bits per heavy atom. The number of anilines is 2. The van der Waals surface area contributed by atoms with E-state index in [2.05, 4.69) is 10.6 Å². The quantitative estimate of drug-likeness (QED) is 0.486. The third-order valence-electron chi connectivity index (χ3n) is 6.33. The highest BCUT2D eigenvalue weighted by atomic mass is 19.1. The number of hydrogen-bond acceptors (Lipinski definition) is 5. The molecule has 0 spiro atoms. The second kappa shape index (κ2) is 10.0. The van der Waals surface area contributed by atoms with Crippen LogP contribution in [-0.2, 0) is 14.4 Å². The van der Waals surface area contributed by atoms with Crippen LogP contribution in [0.4, 0.5) is 20.6 Å². The van der Waals surface area contributed by atoms with Crippen molar-refractivity contribution < 1.29 is 28.4 Å². The van der Waals surface area contributed by atoms with E-state index in [1.807, 2.05) is 6.92 Å². The van der Waals surface area contributed by atoms with Gasteiger partial charge in [0.05, 0.1) is 11.3 Å². The van der Waals surface area contributed by atoms with E-state index in [0.29, 0.717) is 17.0 Å². The summed E-state index contributed by atoms with van der Waals surface area (Å²) in [6.45, 7) is 1.28. The first-order valence-electron chi connectivity index (χ1n) is 11.4. The first kappa shape index (κ1) is 24.1. The van der Waals surface area contributed by atoms with Crippen molar-refractivity contribution in [3.8, 4) is 0 Å². The zero-order chi connectivity index (χ0) is 25.1. The number of amides is 6. The van der Waals surface area contributed by atoms with E-state index < -0.39 is 42.0 Å². The Kier molecular flexibility index (Phi) is 6.90. The van der Waals surface area contributed by atoms with Gasteiger partial charge in [-0.3, -0.25) is 24.1 Å². The van der Waals surface area contributed by atoms with Gasteiger partial charge < -0.3 is 10.6 Å². The van der Waals surface area contributed by atoms with Crippen LogP contribution in [-0.4, -0.2) is 52.0 Å². The van der Waals surface area contributed by atoms with E-state index in [9.17, 15) is 28.4 Å². The first-order valence-corrected chi connectivity index (χ1v) is 11.4. The molecule has 35 heavy (non-hydrogen) atoms. The summed E-state index contributed by atoms with van der Waals surface area (Å²) < 4.78 is 13.1. The molecule has 1 aliphatic carbocycles. The first-order chi connectivity index (χ1) is 16.8. The highest BCUT2D eigenvalue weighted by Gasteiger charge is 2.49. The molecule has 182 valence electrons. The fourth-order valence-electron chi connectivity index (χ4n) is 4.49. The van der Waals surface area contributed by atoms with E-state index in [0.717, 1.165) is 24.2 Å². The number of carbonyl (C=O) groups is 5. The Bertz CT molecular complexity index is 1180. The Morgan fingerprint density at radius 1 is 0.943 bits per heavy atom. The van der Waals surface area contributed by atoms with Gasteiger partial charge in [-0.15, -0.1) is 0 Å². The molecule has 0 unspecified atom stereocenters. The lowest BCUT2D eigenvalue weighted by atomic mass is 9.85. The van der Waals surface area contributed by atoms with Gasteiger partial charge in [0.1, 0.15) is 12.4 Å². The van der Waals surface area contributed by atoms with E-state index in [1.165, 1.54) is 36.4 Å². The van der Waals surface area contributed by atoms with Gasteiger partial charge in [0.25, 0.3) is 5.91 Å². The Morgan fingerprint density at radius 2 is 1.63 bits per heavy atom. The van der Waals surface area contributed by atoms with Crippen LogP contribution in [0.5, 0.6) is 0 Å². The van der Waals surface area contributed by atoms with Gasteiger partial charge in [-0.05, 0) is 55.2 Å². The van der Waals surface area contributed by atoms with Crippen LogP contribution in [0, 0.1) is 11.7 Å². The average Bonchev–Trinajstić information content (AvgIpc) is 3.04. The largest absolute Gasteiger partial charge is 0.334 e. The van der Waals surface area contributed by atoms with Crippen molar-refractivity contribution in [3.05, 3.63) is 59.9 Å². The maximum atomic E-state index is 13.1. The minimum Gasteiger partial charge on any atom is -0.324 e. The lowest BCUT2D eigenvalue weighted by molar-refractivity contribution is -0.145. The molecule has 1 saturated carbocycles. The molecule has 2 fully saturated rings. The molecule has 0 aromatic heterocycles. The smallest absolute Gasteiger partial charge is 0.324 e. The lowest BCUT2D eigenvalue weighted by Crippen LogP contribution is -2.46. The van der Waals surface area contributed by atoms with E-state index in [4.69, 9.17) is 0 Å². The molecule has 2 aromatic carbocycles. The van der Waals surface area contributed by atoms with Crippen LogP contribution in [0.3, 0.4) is 0 Å². The molecule has 2 N–H and O–H groups in total. The number of halogens is 1. The van der Waals surface area contributed by atoms with Crippen LogP contribution >= 0.6 is 0 Å². The van der Waals surface area contributed by atoms with Crippen molar-refractivity contribution >= 4 is 41.0 Å². The molecular weight excluding hydrogens is 455 g/mol. The number of imide groups is 2. The number of para-hydroxylation sites is 1. The van der Waals surface area contributed by atoms with Crippen molar-refractivity contribution in [2.45, 2.75) is 38.6 Å². The van der Waals surface area contributed by atoms with E-state index >= 15 is 0 Å². The normalized spacial score (nSPS) is 20.2. The standard InChI is InChI=1S/C25H25FN4O5/c1-15-6-2-5-9-20(15)30-24(34)23(33)29(25(30)35)14-21(31)28-19-8-4-3-7-18(19)22(32)27-17-12-10-16(26)11-13-17/h3-4,7-8,10-13,15,20H,2,5-6,9,14H2,1H3,(H,27,32)(H,28,31)/t15-,20-/m1/s1. The third-order valence-corrected chi connectivity index (χ3v) is 6.33. The molecule has 1 aliphatic heterocycles. The topological polar surface area (TPSA) is 116 Å². The zero-order valence-electron chi connectivity index (χ0n) is 19.1. The Labute approximate surface area is 201 Å². The maximum Gasteiger partial charge on any atom is 0.334 e. The average molecular weight is 480 g/mol. The highest BCUT2D eigenvalue weighted by molar-refractivity contribution is 6.45. The summed E-state index contributed by atoms with van der Waals surface area (Å²) in [5, 5.41) is 5.15. The zero-order valence-corrected chi connectivity index (χ0v) is 19.1. The number of carbonyl (C=O) groups excluding carboxylic acids is 5. The van der Waals surface area contributed by atoms with Gasteiger partial charge >= 0.3 is 17.8 Å². The second-order valence-electron chi connectivity index (χ2n) is 8.73. The molecule has 2 aliphatic rings. The summed E-state index contributed by atoms with van der Waals surface area (Å²) in [5.41, 5.74) is 0.639. The molecule has 0 bridgehead atoms. The van der Waals surface area contributed by atoms with Crippen molar-refractivity contribution in [2.75, 3.05) is 17.2 Å². The summed E-state index contributed by atoms with van der Waals surface area (Å²) in [5.74, 6) is -3.61. The van der Waals surface area contributed by atoms with Crippen molar-refractivity contribution in [1.82, 2.24) is 9.80 Å². The number of benzene rings is 2. The fourth-order valence-corrected chi connectivity index (χ4v) is 4.49. The molecule has 1 saturated heterocycles. The van der Waals surface area contributed by atoms with E-state index in [-0.39, 0.29) is 23.2 Å². The van der Waals surface area contributed by atoms with Gasteiger partial charge in [-0.25, -0.2) is 14.1 Å².